The van der Waals surface area contributed by atoms with Crippen LogP contribution in [-0.2, 0) is 25.7 Å². The quantitative estimate of drug-likeness (QED) is 0.0526. The average Bonchev–Trinajstić information content (AvgIpc) is 1.62. The van der Waals surface area contributed by atoms with Crippen molar-refractivity contribution in [1.29, 1.82) is 0 Å². The number of carbonyl (C=O) groups is 5. The van der Waals surface area contributed by atoms with E-state index >= 15 is 0 Å². The lowest BCUT2D eigenvalue weighted by Crippen LogP contribution is -2.42. The number of amides is 3. The van der Waals surface area contributed by atoms with Gasteiger partial charge in [0.1, 0.15) is 49.0 Å². The minimum atomic E-state index is -1.38. The fourth-order valence-corrected chi connectivity index (χ4v) is 11.0. The van der Waals surface area contributed by atoms with Gasteiger partial charge in [-0.05, 0) is 225 Å². The van der Waals surface area contributed by atoms with Crippen molar-refractivity contribution in [1.82, 2.24) is 40.1 Å². The van der Waals surface area contributed by atoms with Crippen LogP contribution in [0.15, 0.2) is 248 Å². The summed E-state index contributed by atoms with van der Waals surface area (Å²) >= 11 is 16.5. The first-order valence-corrected chi connectivity index (χ1v) is 36.5. The largest absolute Gasteiger partial charge is 0.506 e. The molecule has 0 bridgehead atoms. The normalized spacial score (nSPS) is 13.2. The maximum atomic E-state index is 13.1. The van der Waals surface area contributed by atoms with E-state index in [9.17, 15) is 29.1 Å². The molecule has 0 spiro atoms. The number of halogens is 5. The molecule has 105 heavy (non-hydrogen) atoms. The fraction of sp³-hybridized carbons (Fsp3) is 0.183. The summed E-state index contributed by atoms with van der Waals surface area (Å²) in [6, 6.07) is 57.4. The molecule has 13 rings (SSSR count). The van der Waals surface area contributed by atoms with Gasteiger partial charge >= 0.3 is 11.9 Å². The Balaban J connectivity index is 0.000000180. The smallest absolute Gasteiger partial charge is 0.316 e. The number of pyridine rings is 6. The van der Waals surface area contributed by atoms with Gasteiger partial charge < -0.3 is 29.3 Å². The highest BCUT2D eigenvalue weighted by molar-refractivity contribution is 9.11. The number of aromatic hydroxyl groups is 2. The van der Waals surface area contributed by atoms with E-state index in [2.05, 4.69) is 152 Å². The SMILES string of the molecule is CC(C)(C)C(=O)Oc1cccnc1-c1ccc(Br)cc1.COc1ccc2c(c1)C(=O)N(C[C@@]1(C#Cc3ccc(-c4ncccc4OC(=O)C(C)(C)C)cc3)CC(=O)NC1=O)C2.Cc1cccnc1-c1ccc(Br)cc1.Cc1cccnc1Br.Oc1cccnc1-c1ccc(Br)cc1.Oc1cccnc1Br. The number of benzene rings is 5. The summed E-state index contributed by atoms with van der Waals surface area (Å²) in [4.78, 5) is 89.3. The minimum absolute atomic E-state index is 0.0259. The second-order valence-corrected chi connectivity index (χ2v) is 29.9. The molecule has 11 aromatic rings. The highest BCUT2D eigenvalue weighted by Gasteiger charge is 2.49. The van der Waals surface area contributed by atoms with E-state index in [4.69, 9.17) is 19.3 Å². The third-order valence-corrected chi connectivity index (χ3v) is 18.4. The van der Waals surface area contributed by atoms with Gasteiger partial charge in [-0.15, -0.1) is 0 Å². The van der Waals surface area contributed by atoms with Gasteiger partial charge in [-0.1, -0.05) is 126 Å². The van der Waals surface area contributed by atoms with Crippen LogP contribution >= 0.6 is 79.6 Å². The van der Waals surface area contributed by atoms with Crippen LogP contribution in [0.4, 0.5) is 0 Å². The summed E-state index contributed by atoms with van der Waals surface area (Å²) in [7, 11) is 1.53. The number of methoxy groups -OCH3 is 1. The number of nitrogens with one attached hydrogen (secondary N) is 1. The number of hydrogen-bond donors (Lipinski definition) is 3. The Morgan fingerprint density at radius 3 is 1.34 bits per heavy atom. The predicted octanol–water partition coefficient (Wildman–Crippen LogP) is 19.0. The van der Waals surface area contributed by atoms with E-state index in [1.54, 1.807) is 142 Å². The standard InChI is InChI=1S/C32H29N3O6.C16H16BrNO2.C12H10BrN.C11H8BrNO.C6H6BrN.C5H4BrNO/c1-31(2,3)30(39)41-25-6-5-15-33-27(25)21-9-7-20(8-10-21)13-14-32(17-26(36)34-29(32)38)19-35-18-22-11-12-23(40-4)16-24(22)28(35)37;1-16(2,3)15(19)20-13-5-4-10-18-14(13)11-6-8-12(17)9-7-11;1-9-3-2-8-14-12(9)10-4-6-11(13)7-5-10;12-9-5-3-8(4-6-9)11-10(14)2-1-7-13-11;1-5-3-2-4-8-6(5)7;6-5-4(8)2-1-3-7-5/h5-12,15-16H,17-19H2,1-4H3,(H,34,36,38);4-10H,1-3H3;2-8H,1H3;1-7,14H;2-4H,1H3;1-3,8H/t32-;;;;;/m1...../s1. The van der Waals surface area contributed by atoms with Gasteiger partial charge in [0.05, 0.1) is 30.1 Å². The number of hydrogen-bond acceptors (Lipinski definition) is 16. The molecule has 0 radical (unpaired) electrons. The Bertz CT molecular complexity index is 4760. The molecule has 3 N–H and O–H groups in total. The Morgan fingerprint density at radius 1 is 0.514 bits per heavy atom. The van der Waals surface area contributed by atoms with Crippen molar-refractivity contribution in [3.8, 4) is 85.6 Å². The molecule has 1 saturated heterocycles. The highest BCUT2D eigenvalue weighted by Crippen LogP contribution is 2.36. The molecule has 23 heteroatoms. The van der Waals surface area contributed by atoms with Crippen LogP contribution < -0.4 is 19.5 Å². The van der Waals surface area contributed by atoms with Gasteiger partial charge in [0.15, 0.2) is 11.5 Å². The van der Waals surface area contributed by atoms with Crippen molar-refractivity contribution in [3.05, 3.63) is 276 Å². The summed E-state index contributed by atoms with van der Waals surface area (Å²) in [5, 5.41) is 20.7. The lowest BCUT2D eigenvalue weighted by Gasteiger charge is -2.25. The second-order valence-electron chi connectivity index (χ2n) is 25.6. The van der Waals surface area contributed by atoms with Crippen LogP contribution in [0, 0.1) is 41.9 Å². The number of imide groups is 1. The van der Waals surface area contributed by atoms with E-state index in [1.165, 1.54) is 18.2 Å². The molecule has 8 heterocycles. The average molecular weight is 1730 g/mol. The number of nitrogens with zero attached hydrogens (tertiary/aromatic N) is 7. The molecule has 5 aromatic carbocycles. The van der Waals surface area contributed by atoms with E-state index in [-0.39, 0.29) is 42.3 Å². The van der Waals surface area contributed by atoms with Gasteiger partial charge in [0.2, 0.25) is 11.8 Å². The Labute approximate surface area is 652 Å². The Hall–Kier alpha value is -10.1. The van der Waals surface area contributed by atoms with Crippen molar-refractivity contribution < 1.29 is 48.4 Å². The number of fused-ring (bicyclic) bond motifs is 1. The monoisotopic (exact) mass is 1720 g/mol. The summed E-state index contributed by atoms with van der Waals surface area (Å²) in [6.45, 7) is 15.2. The van der Waals surface area contributed by atoms with E-state index in [0.29, 0.717) is 62.2 Å². The molecule has 2 aliphatic heterocycles. The van der Waals surface area contributed by atoms with Crippen molar-refractivity contribution in [2.75, 3.05) is 13.7 Å². The number of carbonyl (C=O) groups excluding carboxylic acids is 5. The zero-order valence-electron chi connectivity index (χ0n) is 58.7. The van der Waals surface area contributed by atoms with Crippen molar-refractivity contribution in [2.45, 2.75) is 68.4 Å². The highest BCUT2D eigenvalue weighted by atomic mass is 79.9. The van der Waals surface area contributed by atoms with Crippen molar-refractivity contribution in [2.24, 2.45) is 16.2 Å². The number of aromatic nitrogens is 6. The zero-order valence-corrected chi connectivity index (χ0v) is 66.6. The lowest BCUT2D eigenvalue weighted by molar-refractivity contribution is -0.143. The maximum absolute atomic E-state index is 13.1. The van der Waals surface area contributed by atoms with Gasteiger partial charge in [0.25, 0.3) is 5.91 Å². The zero-order chi connectivity index (χ0) is 76.0. The van der Waals surface area contributed by atoms with Crippen molar-refractivity contribution >= 4 is 109 Å². The minimum Gasteiger partial charge on any atom is -0.506 e. The molecule has 1 atom stereocenters. The van der Waals surface area contributed by atoms with E-state index in [1.807, 2.05) is 119 Å². The molecule has 6 aromatic heterocycles. The molecule has 18 nitrogen and oxygen atoms in total. The van der Waals surface area contributed by atoms with Gasteiger partial charge in [-0.25, -0.2) is 9.97 Å². The lowest BCUT2D eigenvalue weighted by atomic mass is 9.85. The Morgan fingerprint density at radius 2 is 0.933 bits per heavy atom. The first-order chi connectivity index (χ1) is 50.0. The number of esters is 2. The van der Waals surface area contributed by atoms with Gasteiger partial charge in [-0.2, -0.15) is 0 Å². The third kappa shape index (κ3) is 23.2. The predicted molar refractivity (Wildman–Crippen MR) is 423 cm³/mol. The van der Waals surface area contributed by atoms with Crippen LogP contribution in [0.25, 0.3) is 45.0 Å². The van der Waals surface area contributed by atoms with Crippen LogP contribution in [-0.4, -0.2) is 88.3 Å². The summed E-state index contributed by atoms with van der Waals surface area (Å²) in [5.41, 5.74) is 8.23. The fourth-order valence-electron chi connectivity index (χ4n) is 9.70. The molecule has 536 valence electrons. The summed E-state index contributed by atoms with van der Waals surface area (Å²) in [5.74, 6) is 5.97. The first-order valence-electron chi connectivity index (χ1n) is 32.5. The van der Waals surface area contributed by atoms with Gasteiger partial charge in [-0.3, -0.25) is 49.2 Å². The molecule has 1 fully saturated rings. The maximum Gasteiger partial charge on any atom is 0.316 e. The second kappa shape index (κ2) is 37.6. The first kappa shape index (κ1) is 80.6. The van der Waals surface area contributed by atoms with Gasteiger partial charge in [0, 0.05) is 97.1 Å². The van der Waals surface area contributed by atoms with E-state index < -0.39 is 28.1 Å². The van der Waals surface area contributed by atoms with Crippen molar-refractivity contribution in [3.63, 3.8) is 0 Å². The number of aryl methyl sites for hydroxylation is 2. The molecule has 3 amide bonds. The number of rotatable bonds is 9. The Kier molecular flexibility index (Phi) is 28.8. The molecule has 0 unspecified atom stereocenters. The summed E-state index contributed by atoms with van der Waals surface area (Å²) in [6.07, 6.45) is 10.0. The molecule has 0 aliphatic carbocycles. The molecular weight excluding hydrogens is 1660 g/mol. The van der Waals surface area contributed by atoms with Crippen LogP contribution in [0.3, 0.4) is 0 Å². The summed E-state index contributed by atoms with van der Waals surface area (Å²) < 4.78 is 20.8. The van der Waals surface area contributed by atoms with Crippen LogP contribution in [0.2, 0.25) is 0 Å². The molecule has 2 aliphatic rings. The van der Waals surface area contributed by atoms with Crippen LogP contribution in [0.1, 0.15) is 80.6 Å². The van der Waals surface area contributed by atoms with E-state index in [0.717, 1.165) is 46.0 Å². The molecular formula is C82H73Br5N8O10. The molecule has 0 saturated carbocycles. The topological polar surface area (TPSA) is 246 Å². The van der Waals surface area contributed by atoms with Crippen LogP contribution in [0.5, 0.6) is 28.7 Å². The number of ether oxygens (including phenoxy) is 3. The third-order valence-electron chi connectivity index (χ3n) is 15.4.